The molecule has 0 spiro atoms. The Hall–Kier alpha value is -1.81. The topological polar surface area (TPSA) is 44.3 Å². The summed E-state index contributed by atoms with van der Waals surface area (Å²) in [5.41, 5.74) is -6.13. The van der Waals surface area contributed by atoms with Gasteiger partial charge in [0.1, 0.15) is 0 Å². The molecule has 0 saturated carbocycles. The molecule has 10 heteroatoms. The van der Waals surface area contributed by atoms with Crippen molar-refractivity contribution in [2.24, 2.45) is 0 Å². The van der Waals surface area contributed by atoms with E-state index in [1.165, 1.54) is 6.08 Å². The lowest BCUT2D eigenvalue weighted by Gasteiger charge is -2.32. The van der Waals surface area contributed by atoms with Crippen molar-refractivity contribution in [1.82, 2.24) is 5.32 Å². The molecule has 128 valence electrons. The summed E-state index contributed by atoms with van der Waals surface area (Å²) in [7, 11) is 0. The summed E-state index contributed by atoms with van der Waals surface area (Å²) in [4.78, 5) is 0. The van der Waals surface area contributed by atoms with Crippen LogP contribution in [0.3, 0.4) is 0 Å². The van der Waals surface area contributed by atoms with Gasteiger partial charge in [-0.25, -0.2) is 0 Å². The number of alkyl halides is 6. The first-order valence-electron chi connectivity index (χ1n) is 6.05. The van der Waals surface area contributed by atoms with Crippen molar-refractivity contribution < 1.29 is 31.4 Å². The van der Waals surface area contributed by atoms with Gasteiger partial charge in [0.25, 0.3) is 5.60 Å². The fraction of sp³-hybridized carbons (Fsp3) is 0.308. The quantitative estimate of drug-likeness (QED) is 0.438. The molecule has 3 N–H and O–H groups in total. The second-order valence-electron chi connectivity index (χ2n) is 4.41. The van der Waals surface area contributed by atoms with E-state index in [-0.39, 0.29) is 10.8 Å². The molecule has 0 saturated heterocycles. The van der Waals surface area contributed by atoms with Crippen molar-refractivity contribution >= 4 is 23.0 Å². The van der Waals surface area contributed by atoms with Crippen molar-refractivity contribution in [3.05, 3.63) is 42.5 Å². The minimum Gasteiger partial charge on any atom is -0.369 e. The monoisotopic (exact) mass is 358 g/mol. The van der Waals surface area contributed by atoms with E-state index in [0.717, 1.165) is 12.1 Å². The predicted octanol–water partition coefficient (Wildman–Crippen LogP) is 3.47. The molecule has 0 atom stereocenters. The molecule has 0 aliphatic rings. The van der Waals surface area contributed by atoms with Crippen LogP contribution in [0.1, 0.15) is 5.56 Å². The zero-order valence-corrected chi connectivity index (χ0v) is 12.2. The van der Waals surface area contributed by atoms with Crippen LogP contribution < -0.4 is 10.6 Å². The smallest absolute Gasteiger partial charge is 0.369 e. The zero-order valence-electron chi connectivity index (χ0n) is 11.4. The molecule has 0 radical (unpaired) electrons. The van der Waals surface area contributed by atoms with Crippen LogP contribution in [0.25, 0.3) is 0 Å². The van der Waals surface area contributed by atoms with E-state index in [0.29, 0.717) is 18.7 Å². The fourth-order valence-electron chi connectivity index (χ4n) is 1.62. The van der Waals surface area contributed by atoms with Crippen molar-refractivity contribution in [2.75, 3.05) is 11.9 Å². The van der Waals surface area contributed by atoms with Gasteiger partial charge in [-0.05, 0) is 24.4 Å². The molecule has 0 unspecified atom stereocenters. The Morgan fingerprint density at radius 2 is 1.57 bits per heavy atom. The van der Waals surface area contributed by atoms with Crippen LogP contribution in [0.4, 0.5) is 32.0 Å². The van der Waals surface area contributed by atoms with Gasteiger partial charge >= 0.3 is 12.4 Å². The second-order valence-corrected chi connectivity index (χ2v) is 4.82. The number of rotatable bonds is 4. The molecule has 0 bridgehead atoms. The van der Waals surface area contributed by atoms with Crippen LogP contribution in [0.2, 0.25) is 0 Å². The van der Waals surface area contributed by atoms with E-state index in [1.807, 2.05) is 0 Å². The Labute approximate surface area is 133 Å². The molecular weight excluding hydrogens is 346 g/mol. The van der Waals surface area contributed by atoms with Gasteiger partial charge in [0.05, 0.1) is 0 Å². The van der Waals surface area contributed by atoms with E-state index in [1.54, 1.807) is 0 Å². The normalized spacial score (nSPS) is 12.7. The second kappa shape index (κ2) is 6.75. The van der Waals surface area contributed by atoms with Crippen molar-refractivity contribution in [1.29, 1.82) is 0 Å². The van der Waals surface area contributed by atoms with E-state index < -0.39 is 23.5 Å². The number of anilines is 1. The highest BCUT2D eigenvalue weighted by atomic mass is 32.1. The first kappa shape index (κ1) is 19.2. The summed E-state index contributed by atoms with van der Waals surface area (Å²) in [5.74, 6) is 0. The van der Waals surface area contributed by atoms with Crippen molar-refractivity contribution in [3.8, 4) is 0 Å². The Bertz CT molecular complexity index is 553. The van der Waals surface area contributed by atoms with Crippen LogP contribution in [0.15, 0.2) is 36.9 Å². The van der Waals surface area contributed by atoms with Gasteiger partial charge in [0.15, 0.2) is 5.11 Å². The molecule has 0 aliphatic heterocycles. The molecule has 0 aliphatic carbocycles. The maximum atomic E-state index is 12.7. The number of aliphatic hydroxyl groups is 1. The van der Waals surface area contributed by atoms with Crippen molar-refractivity contribution in [3.63, 3.8) is 0 Å². The molecule has 3 nitrogen and oxygen atoms in total. The summed E-state index contributed by atoms with van der Waals surface area (Å²) in [6.45, 7) is 3.76. The van der Waals surface area contributed by atoms with Gasteiger partial charge in [-0.2, -0.15) is 26.3 Å². The van der Waals surface area contributed by atoms with E-state index in [4.69, 9.17) is 12.2 Å². The molecule has 1 aromatic rings. The van der Waals surface area contributed by atoms with Gasteiger partial charge in [0, 0.05) is 17.8 Å². The van der Waals surface area contributed by atoms with Crippen molar-refractivity contribution in [2.45, 2.75) is 18.0 Å². The molecule has 0 aromatic heterocycles. The van der Waals surface area contributed by atoms with Crippen LogP contribution in [-0.2, 0) is 5.60 Å². The lowest BCUT2D eigenvalue weighted by molar-refractivity contribution is -0.376. The van der Waals surface area contributed by atoms with Crippen LogP contribution in [0, 0.1) is 0 Å². The summed E-state index contributed by atoms with van der Waals surface area (Å²) < 4.78 is 76.3. The van der Waals surface area contributed by atoms with Crippen LogP contribution in [-0.4, -0.2) is 29.1 Å². The van der Waals surface area contributed by atoms with E-state index in [2.05, 4.69) is 17.2 Å². The number of thiocarbonyl (C=S) groups is 1. The summed E-state index contributed by atoms with van der Waals surface area (Å²) >= 11 is 4.85. The number of hydrogen-bond donors (Lipinski definition) is 3. The van der Waals surface area contributed by atoms with Gasteiger partial charge < -0.3 is 15.7 Å². The fourth-order valence-corrected chi connectivity index (χ4v) is 1.82. The maximum Gasteiger partial charge on any atom is 0.430 e. The molecule has 23 heavy (non-hydrogen) atoms. The molecule has 0 amide bonds. The lowest BCUT2D eigenvalue weighted by atomic mass is 9.92. The summed E-state index contributed by atoms with van der Waals surface area (Å²) in [6, 6.07) is 2.94. The minimum absolute atomic E-state index is 0.111. The standard InChI is InChI=1S/C13H12F6N2OS/c1-2-7-20-10(23)21-9-5-3-8(4-6-9)11(22,12(14,15)16)13(17,18)19/h2-6,22H,1,7H2,(H2,20,21,23). The average Bonchev–Trinajstić information content (AvgIpc) is 2.42. The number of nitrogens with one attached hydrogen (secondary N) is 2. The van der Waals surface area contributed by atoms with E-state index >= 15 is 0 Å². The third kappa shape index (κ3) is 4.14. The van der Waals surface area contributed by atoms with Gasteiger partial charge in [-0.15, -0.1) is 6.58 Å². The first-order chi connectivity index (χ1) is 10.4. The highest BCUT2D eigenvalue weighted by molar-refractivity contribution is 7.80. The lowest BCUT2D eigenvalue weighted by Crippen LogP contribution is -2.53. The average molecular weight is 358 g/mol. The Morgan fingerprint density at radius 3 is 1.96 bits per heavy atom. The SMILES string of the molecule is C=CCNC(=S)Nc1ccc(C(O)(C(F)(F)F)C(F)(F)F)cc1. The summed E-state index contributed by atoms with van der Waals surface area (Å²) in [5, 5.41) is 14.6. The van der Waals surface area contributed by atoms with Gasteiger partial charge in [-0.1, -0.05) is 18.2 Å². The molecule has 0 fully saturated rings. The molecule has 0 heterocycles. The van der Waals surface area contributed by atoms with Gasteiger partial charge in [0.2, 0.25) is 0 Å². The third-order valence-corrected chi connectivity index (χ3v) is 3.03. The minimum atomic E-state index is -5.92. The Kier molecular flexibility index (Phi) is 5.65. The largest absolute Gasteiger partial charge is 0.430 e. The van der Waals surface area contributed by atoms with E-state index in [9.17, 15) is 31.4 Å². The number of hydrogen-bond acceptors (Lipinski definition) is 2. The molecular formula is C13H12F6N2OS. The van der Waals surface area contributed by atoms with Gasteiger partial charge in [-0.3, -0.25) is 0 Å². The molecule has 1 aromatic carbocycles. The third-order valence-electron chi connectivity index (χ3n) is 2.79. The highest BCUT2D eigenvalue weighted by Crippen LogP contribution is 2.50. The molecule has 1 rings (SSSR count). The first-order valence-corrected chi connectivity index (χ1v) is 6.46. The zero-order chi connectivity index (χ0) is 17.9. The Balaban J connectivity index is 3.06. The summed E-state index contributed by atoms with van der Waals surface area (Å²) in [6.07, 6.45) is -10.3. The number of halogens is 6. The Morgan fingerprint density at radius 1 is 1.09 bits per heavy atom. The van der Waals surface area contributed by atoms with Crippen LogP contribution >= 0.6 is 12.2 Å². The predicted molar refractivity (Wildman–Crippen MR) is 76.9 cm³/mol. The van der Waals surface area contributed by atoms with Crippen LogP contribution in [0.5, 0.6) is 0 Å². The maximum absolute atomic E-state index is 12.7. The number of benzene rings is 1. The highest BCUT2D eigenvalue weighted by Gasteiger charge is 2.71.